The maximum atomic E-state index is 5.39. The van der Waals surface area contributed by atoms with Gasteiger partial charge in [0.2, 0.25) is 0 Å². The second-order valence-electron chi connectivity index (χ2n) is 4.32. The Balaban J connectivity index is 2.32. The van der Waals surface area contributed by atoms with Gasteiger partial charge in [0.15, 0.2) is 6.39 Å². The predicted molar refractivity (Wildman–Crippen MR) is 63.2 cm³/mol. The first-order valence-corrected chi connectivity index (χ1v) is 5.85. The molecule has 0 saturated heterocycles. The maximum absolute atomic E-state index is 5.39. The number of hydrogen-bond acceptors (Lipinski definition) is 4. The van der Waals surface area contributed by atoms with E-state index < -0.39 is 0 Å². The highest BCUT2D eigenvalue weighted by Gasteiger charge is 2.08. The van der Waals surface area contributed by atoms with Crippen LogP contribution in [0.5, 0.6) is 0 Å². The van der Waals surface area contributed by atoms with Gasteiger partial charge in [-0.15, -0.1) is 0 Å². The first-order valence-electron chi connectivity index (χ1n) is 5.85. The molecule has 92 valence electrons. The zero-order valence-electron chi connectivity index (χ0n) is 10.5. The minimum Gasteiger partial charge on any atom is -0.448 e. The van der Waals surface area contributed by atoms with Crippen molar-refractivity contribution in [2.45, 2.75) is 33.2 Å². The van der Waals surface area contributed by atoms with Gasteiger partial charge in [0, 0.05) is 26.6 Å². The average Bonchev–Trinajstić information content (AvgIpc) is 2.69. The zero-order valence-corrected chi connectivity index (χ0v) is 10.5. The Kier molecular flexibility index (Phi) is 6.11. The van der Waals surface area contributed by atoms with Gasteiger partial charge in [-0.05, 0) is 12.3 Å². The van der Waals surface area contributed by atoms with Crippen LogP contribution in [-0.2, 0) is 17.7 Å². The lowest BCUT2D eigenvalue weighted by atomic mass is 10.1. The Bertz CT molecular complexity index is 284. The quantitative estimate of drug-likeness (QED) is 0.689. The first kappa shape index (κ1) is 13.2. The summed E-state index contributed by atoms with van der Waals surface area (Å²) in [4.78, 5) is 4.22. The van der Waals surface area contributed by atoms with E-state index in [-0.39, 0.29) is 0 Å². The van der Waals surface area contributed by atoms with E-state index in [1.807, 2.05) is 0 Å². The molecule has 1 aromatic rings. The van der Waals surface area contributed by atoms with Crippen LogP contribution >= 0.6 is 0 Å². The van der Waals surface area contributed by atoms with Crippen molar-refractivity contribution in [2.24, 2.45) is 5.92 Å². The van der Waals surface area contributed by atoms with E-state index in [0.717, 1.165) is 44.0 Å². The number of rotatable bonds is 8. The van der Waals surface area contributed by atoms with Crippen LogP contribution in [0, 0.1) is 5.92 Å². The van der Waals surface area contributed by atoms with Crippen LogP contribution in [0.15, 0.2) is 10.8 Å². The number of methoxy groups -OCH3 is 1. The van der Waals surface area contributed by atoms with Crippen molar-refractivity contribution in [1.29, 1.82) is 0 Å². The molecule has 0 amide bonds. The molecule has 0 aliphatic rings. The topological polar surface area (TPSA) is 47.3 Å². The van der Waals surface area contributed by atoms with E-state index in [9.17, 15) is 0 Å². The number of ether oxygens (including phenoxy) is 1. The predicted octanol–water partition coefficient (Wildman–Crippen LogP) is 2.00. The summed E-state index contributed by atoms with van der Waals surface area (Å²) in [6, 6.07) is 0. The molecule has 0 aromatic carbocycles. The molecule has 0 radical (unpaired) electrons. The SMILES string of the molecule is COCCNCc1ncoc1CCC(C)C. The maximum Gasteiger partial charge on any atom is 0.181 e. The van der Waals surface area contributed by atoms with Crippen molar-refractivity contribution in [1.82, 2.24) is 10.3 Å². The summed E-state index contributed by atoms with van der Waals surface area (Å²) in [5.41, 5.74) is 1.02. The number of aromatic nitrogens is 1. The van der Waals surface area contributed by atoms with Crippen molar-refractivity contribution >= 4 is 0 Å². The zero-order chi connectivity index (χ0) is 11.8. The minimum absolute atomic E-state index is 0.694. The van der Waals surface area contributed by atoms with Gasteiger partial charge in [-0.3, -0.25) is 0 Å². The van der Waals surface area contributed by atoms with Gasteiger partial charge in [-0.25, -0.2) is 4.98 Å². The van der Waals surface area contributed by atoms with Gasteiger partial charge in [0.05, 0.1) is 12.3 Å². The molecule has 0 atom stereocenters. The number of aryl methyl sites for hydroxylation is 1. The Morgan fingerprint density at radius 3 is 3.00 bits per heavy atom. The molecule has 1 aromatic heterocycles. The summed E-state index contributed by atoms with van der Waals surface area (Å²) < 4.78 is 10.4. The van der Waals surface area contributed by atoms with Crippen LogP contribution in [0.3, 0.4) is 0 Å². The largest absolute Gasteiger partial charge is 0.448 e. The number of oxazole rings is 1. The molecule has 0 bridgehead atoms. The molecule has 16 heavy (non-hydrogen) atoms. The molecule has 0 unspecified atom stereocenters. The molecule has 0 spiro atoms. The summed E-state index contributed by atoms with van der Waals surface area (Å²) in [7, 11) is 1.70. The molecule has 4 heteroatoms. The number of hydrogen-bond donors (Lipinski definition) is 1. The van der Waals surface area contributed by atoms with Crippen LogP contribution < -0.4 is 5.32 Å². The van der Waals surface area contributed by atoms with Gasteiger partial charge < -0.3 is 14.5 Å². The molecule has 0 fully saturated rings. The Morgan fingerprint density at radius 1 is 1.50 bits per heavy atom. The van der Waals surface area contributed by atoms with Crippen molar-refractivity contribution in [3.05, 3.63) is 17.8 Å². The normalized spacial score (nSPS) is 11.2. The third-order valence-electron chi connectivity index (χ3n) is 2.45. The minimum atomic E-state index is 0.694. The van der Waals surface area contributed by atoms with Crippen molar-refractivity contribution < 1.29 is 9.15 Å². The van der Waals surface area contributed by atoms with Gasteiger partial charge in [0.25, 0.3) is 0 Å². The van der Waals surface area contributed by atoms with Gasteiger partial charge >= 0.3 is 0 Å². The molecule has 4 nitrogen and oxygen atoms in total. The summed E-state index contributed by atoms with van der Waals surface area (Å²) in [6.45, 7) is 6.75. The molecular weight excluding hydrogens is 204 g/mol. The fourth-order valence-corrected chi connectivity index (χ4v) is 1.44. The Hall–Kier alpha value is -0.870. The molecule has 1 heterocycles. The lowest BCUT2D eigenvalue weighted by molar-refractivity contribution is 0.199. The second-order valence-corrected chi connectivity index (χ2v) is 4.32. The van der Waals surface area contributed by atoms with Crippen LogP contribution in [0.25, 0.3) is 0 Å². The molecule has 1 N–H and O–H groups in total. The highest BCUT2D eigenvalue weighted by molar-refractivity contribution is 5.07. The summed E-state index contributed by atoms with van der Waals surface area (Å²) in [5, 5.41) is 3.27. The van der Waals surface area contributed by atoms with Crippen LogP contribution in [0.1, 0.15) is 31.7 Å². The highest BCUT2D eigenvalue weighted by Crippen LogP contribution is 2.12. The third-order valence-corrected chi connectivity index (χ3v) is 2.45. The van der Waals surface area contributed by atoms with E-state index in [1.54, 1.807) is 7.11 Å². The fourth-order valence-electron chi connectivity index (χ4n) is 1.44. The van der Waals surface area contributed by atoms with E-state index in [0.29, 0.717) is 5.92 Å². The summed E-state index contributed by atoms with van der Waals surface area (Å²) in [5.74, 6) is 1.71. The van der Waals surface area contributed by atoms with Crippen LogP contribution in [-0.4, -0.2) is 25.2 Å². The molecule has 0 aliphatic carbocycles. The lowest BCUT2D eigenvalue weighted by Crippen LogP contribution is -2.19. The summed E-state index contributed by atoms with van der Waals surface area (Å²) >= 11 is 0. The molecule has 0 aliphatic heterocycles. The van der Waals surface area contributed by atoms with E-state index in [1.165, 1.54) is 6.39 Å². The summed E-state index contributed by atoms with van der Waals surface area (Å²) in [6.07, 6.45) is 3.64. The van der Waals surface area contributed by atoms with Gasteiger partial charge in [0.1, 0.15) is 5.76 Å². The van der Waals surface area contributed by atoms with Crippen molar-refractivity contribution in [3.8, 4) is 0 Å². The highest BCUT2D eigenvalue weighted by atomic mass is 16.5. The standard InChI is InChI=1S/C12H22N2O2/c1-10(2)4-5-12-11(14-9-16-12)8-13-6-7-15-3/h9-10,13H,4-8H2,1-3H3. The Labute approximate surface area is 97.4 Å². The van der Waals surface area contributed by atoms with E-state index in [4.69, 9.17) is 9.15 Å². The first-order chi connectivity index (χ1) is 7.74. The smallest absolute Gasteiger partial charge is 0.181 e. The van der Waals surface area contributed by atoms with Crippen LogP contribution in [0.2, 0.25) is 0 Å². The fraction of sp³-hybridized carbons (Fsp3) is 0.750. The van der Waals surface area contributed by atoms with Crippen LogP contribution in [0.4, 0.5) is 0 Å². The monoisotopic (exact) mass is 226 g/mol. The number of nitrogens with one attached hydrogen (secondary N) is 1. The molecular formula is C12H22N2O2. The molecule has 0 saturated carbocycles. The Morgan fingerprint density at radius 2 is 2.31 bits per heavy atom. The van der Waals surface area contributed by atoms with E-state index in [2.05, 4.69) is 24.1 Å². The number of nitrogens with zero attached hydrogens (tertiary/aromatic N) is 1. The average molecular weight is 226 g/mol. The van der Waals surface area contributed by atoms with Gasteiger partial charge in [-0.1, -0.05) is 13.8 Å². The lowest BCUT2D eigenvalue weighted by Gasteiger charge is -2.05. The van der Waals surface area contributed by atoms with Crippen molar-refractivity contribution in [2.75, 3.05) is 20.3 Å². The molecule has 1 rings (SSSR count). The third kappa shape index (κ3) is 4.77. The van der Waals surface area contributed by atoms with Gasteiger partial charge in [-0.2, -0.15) is 0 Å². The van der Waals surface area contributed by atoms with Crippen molar-refractivity contribution in [3.63, 3.8) is 0 Å². The van der Waals surface area contributed by atoms with E-state index >= 15 is 0 Å². The second kappa shape index (κ2) is 7.41.